The third-order valence-electron chi connectivity index (χ3n) is 0. The first-order valence-corrected chi connectivity index (χ1v) is 0. The van der Waals surface area contributed by atoms with Crippen LogP contribution in [0.2, 0.25) is 0 Å². The SMILES string of the molecule is N.N.N.N.N.N.[Os]. The Kier molecular flexibility index (Phi) is 326000. The van der Waals surface area contributed by atoms with Crippen LogP contribution < -0.4 is 36.9 Å². The van der Waals surface area contributed by atoms with Gasteiger partial charge in [-0.1, -0.05) is 0 Å². The maximum atomic E-state index is 0. The van der Waals surface area contributed by atoms with E-state index in [4.69, 9.17) is 0 Å². The van der Waals surface area contributed by atoms with E-state index >= 15 is 0 Å². The quantitative estimate of drug-likeness (QED) is 0.382. The summed E-state index contributed by atoms with van der Waals surface area (Å²) in [6, 6.07) is 0. The van der Waals surface area contributed by atoms with Gasteiger partial charge in [-0.3, -0.25) is 0 Å². The summed E-state index contributed by atoms with van der Waals surface area (Å²) in [6.45, 7) is 0. The maximum absolute atomic E-state index is 0. The second-order valence-corrected chi connectivity index (χ2v) is 0. The van der Waals surface area contributed by atoms with Gasteiger partial charge in [-0.05, 0) is 0 Å². The number of hydrogen-bond acceptors (Lipinski definition) is 6. The summed E-state index contributed by atoms with van der Waals surface area (Å²) in [6.07, 6.45) is 0. The van der Waals surface area contributed by atoms with Crippen molar-refractivity contribution in [3.8, 4) is 0 Å². The minimum absolute atomic E-state index is 0. The van der Waals surface area contributed by atoms with E-state index in [1.54, 1.807) is 0 Å². The van der Waals surface area contributed by atoms with Gasteiger partial charge in [0.25, 0.3) is 0 Å². The van der Waals surface area contributed by atoms with E-state index in [2.05, 4.69) is 0 Å². The standard InChI is InChI=1S/6H3N.Os/h6*1H3;. The maximum Gasteiger partial charge on any atom is 0 e. The molecule has 0 saturated carbocycles. The van der Waals surface area contributed by atoms with E-state index in [-0.39, 0.29) is 56.7 Å². The molecule has 0 amide bonds. The molecule has 0 atom stereocenters. The summed E-state index contributed by atoms with van der Waals surface area (Å²) in [5.74, 6) is 0. The molecule has 0 aromatic heterocycles. The van der Waals surface area contributed by atoms with Crippen LogP contribution in [0.25, 0.3) is 0 Å². The van der Waals surface area contributed by atoms with Crippen molar-refractivity contribution in [1.29, 1.82) is 0 Å². The largest absolute Gasteiger partial charge is 0.344 e. The second kappa shape index (κ2) is 1190. The van der Waals surface area contributed by atoms with Crippen LogP contribution in [-0.2, 0) is 19.8 Å². The van der Waals surface area contributed by atoms with Crippen molar-refractivity contribution in [2.45, 2.75) is 0 Å². The van der Waals surface area contributed by atoms with Crippen LogP contribution in [0.4, 0.5) is 0 Å². The molecule has 7 heteroatoms. The molecule has 56 valence electrons. The van der Waals surface area contributed by atoms with Crippen LogP contribution in [0.3, 0.4) is 0 Å². The van der Waals surface area contributed by atoms with Crippen LogP contribution >= 0.6 is 0 Å². The van der Waals surface area contributed by atoms with Gasteiger partial charge in [0.05, 0.1) is 0 Å². The van der Waals surface area contributed by atoms with Crippen LogP contribution in [0.5, 0.6) is 0 Å². The van der Waals surface area contributed by atoms with Gasteiger partial charge >= 0.3 is 0 Å². The minimum Gasteiger partial charge on any atom is -0.344 e. The van der Waals surface area contributed by atoms with Crippen LogP contribution in [-0.4, -0.2) is 0 Å². The summed E-state index contributed by atoms with van der Waals surface area (Å²) < 4.78 is 0. The van der Waals surface area contributed by atoms with Crippen molar-refractivity contribution in [3.05, 3.63) is 0 Å². The summed E-state index contributed by atoms with van der Waals surface area (Å²) >= 11 is 0. The normalized spacial score (nSPS) is 0. The molecule has 0 bridgehead atoms. The Bertz CT molecular complexity index is 4.14. The van der Waals surface area contributed by atoms with Gasteiger partial charge in [-0.2, -0.15) is 0 Å². The molecule has 0 heterocycles. The van der Waals surface area contributed by atoms with Crippen molar-refractivity contribution in [3.63, 3.8) is 0 Å². The van der Waals surface area contributed by atoms with Gasteiger partial charge < -0.3 is 36.9 Å². The molecule has 6 nitrogen and oxygen atoms in total. The zero-order chi connectivity index (χ0) is 0. The van der Waals surface area contributed by atoms with Crippen LogP contribution in [0.1, 0.15) is 0 Å². The third kappa shape index (κ3) is 787. The van der Waals surface area contributed by atoms with Crippen molar-refractivity contribution < 1.29 is 19.8 Å². The van der Waals surface area contributed by atoms with Crippen molar-refractivity contribution in [2.24, 2.45) is 0 Å². The van der Waals surface area contributed by atoms with Gasteiger partial charge in [0.15, 0.2) is 0 Å². The monoisotopic (exact) mass is 294 g/mol. The van der Waals surface area contributed by atoms with Gasteiger partial charge in [0, 0.05) is 19.8 Å². The molecule has 0 fully saturated rings. The number of hydrogen-bond donors (Lipinski definition) is 6. The molecular weight excluding hydrogens is 274 g/mol. The summed E-state index contributed by atoms with van der Waals surface area (Å²) in [4.78, 5) is 0. The Balaban J connectivity index is 0. The predicted octanol–water partition coefficient (Wildman–Crippen LogP) is 0.969. The first kappa shape index (κ1) is 1930. The average Bonchev–Trinajstić information content (AvgIpc) is 0. The summed E-state index contributed by atoms with van der Waals surface area (Å²) in [5.41, 5.74) is 0. The minimum atomic E-state index is 0. The molecule has 0 radical (unpaired) electrons. The van der Waals surface area contributed by atoms with E-state index in [0.717, 1.165) is 0 Å². The zero-order valence-electron chi connectivity index (χ0n) is 4.60. The molecular formula is H18N6Os. The Morgan fingerprint density at radius 1 is 0.286 bits per heavy atom. The van der Waals surface area contributed by atoms with E-state index in [1.165, 1.54) is 0 Å². The molecule has 18 N–H and O–H groups in total. The molecule has 0 saturated heterocycles. The summed E-state index contributed by atoms with van der Waals surface area (Å²) in [7, 11) is 0. The first-order valence-electron chi connectivity index (χ1n) is 0. The first-order chi connectivity index (χ1) is 0. The van der Waals surface area contributed by atoms with Crippen LogP contribution in [0, 0.1) is 0 Å². The fraction of sp³-hybridized carbons (Fsp3) is 0. The molecule has 0 aliphatic rings. The molecule has 0 rings (SSSR count). The average molecular weight is 292 g/mol. The van der Waals surface area contributed by atoms with Gasteiger partial charge in [0.1, 0.15) is 0 Å². The molecule has 0 aliphatic heterocycles. The molecule has 0 aromatic carbocycles. The van der Waals surface area contributed by atoms with Crippen molar-refractivity contribution in [1.82, 2.24) is 36.9 Å². The second-order valence-electron chi connectivity index (χ2n) is 0. The van der Waals surface area contributed by atoms with Crippen molar-refractivity contribution in [2.75, 3.05) is 0 Å². The Hall–Kier alpha value is 0.396. The van der Waals surface area contributed by atoms with Gasteiger partial charge in [0.2, 0.25) is 0 Å². The smallest absolute Gasteiger partial charge is 0 e. The molecule has 0 aromatic rings. The fourth-order valence-electron chi connectivity index (χ4n) is 0. The van der Waals surface area contributed by atoms with E-state index in [0.29, 0.717) is 0 Å². The van der Waals surface area contributed by atoms with Crippen molar-refractivity contribution >= 4 is 0 Å². The molecule has 0 unspecified atom stereocenters. The third-order valence-corrected chi connectivity index (χ3v) is 0. The summed E-state index contributed by atoms with van der Waals surface area (Å²) in [5, 5.41) is 0. The van der Waals surface area contributed by atoms with Crippen LogP contribution in [0.15, 0.2) is 0 Å². The van der Waals surface area contributed by atoms with E-state index in [1.807, 2.05) is 0 Å². The number of rotatable bonds is 0. The zero-order valence-corrected chi connectivity index (χ0v) is 7.14. The van der Waals surface area contributed by atoms with Gasteiger partial charge in [-0.25, -0.2) is 0 Å². The molecule has 0 spiro atoms. The topological polar surface area (TPSA) is 210 Å². The molecule has 7 heavy (non-hydrogen) atoms. The Morgan fingerprint density at radius 3 is 0.286 bits per heavy atom. The van der Waals surface area contributed by atoms with Gasteiger partial charge in [-0.15, -0.1) is 0 Å². The molecule has 0 aliphatic carbocycles. The fourth-order valence-corrected chi connectivity index (χ4v) is 0. The van der Waals surface area contributed by atoms with E-state index < -0.39 is 0 Å². The predicted molar refractivity (Wildman–Crippen MR) is 30.1 cm³/mol. The van der Waals surface area contributed by atoms with E-state index in [9.17, 15) is 0 Å². The Labute approximate surface area is 57.4 Å². The Morgan fingerprint density at radius 2 is 0.286 bits per heavy atom.